The molecule has 1 aromatic carbocycles. The van der Waals surface area contributed by atoms with Crippen LogP contribution >= 0.6 is 0 Å². The van der Waals surface area contributed by atoms with E-state index in [1.807, 2.05) is 0 Å². The number of carbonyl (C=O) groups excluding carboxylic acids is 1. The minimum atomic E-state index is -4.60. The van der Waals surface area contributed by atoms with Crippen LogP contribution in [0.25, 0.3) is 0 Å². The maximum Gasteiger partial charge on any atom is 0.433 e. The SMILES string of the molecule is COc1cc(C(=O)N2CC[C@]3(c4cccc(C(F)(F)F)n4)OCOC3C2)ccc1OCC1CC(F)(F)C1. The lowest BCUT2D eigenvalue weighted by Gasteiger charge is -2.41. The lowest BCUT2D eigenvalue weighted by Crippen LogP contribution is -2.54. The smallest absolute Gasteiger partial charge is 0.433 e. The van der Waals surface area contributed by atoms with Crippen LogP contribution in [-0.2, 0) is 21.3 Å². The molecule has 3 fully saturated rings. The van der Waals surface area contributed by atoms with Crippen molar-refractivity contribution >= 4 is 5.91 Å². The van der Waals surface area contributed by atoms with E-state index in [1.54, 1.807) is 12.1 Å². The Labute approximate surface area is 209 Å². The van der Waals surface area contributed by atoms with Crippen molar-refractivity contribution in [2.45, 2.75) is 43.1 Å². The average Bonchev–Trinajstić information content (AvgIpc) is 3.29. The van der Waals surface area contributed by atoms with Gasteiger partial charge >= 0.3 is 6.18 Å². The Kier molecular flexibility index (Phi) is 6.51. The van der Waals surface area contributed by atoms with Crippen LogP contribution in [0.5, 0.6) is 11.5 Å². The molecule has 1 aromatic heterocycles. The number of rotatable bonds is 6. The first kappa shape index (κ1) is 25.7. The van der Waals surface area contributed by atoms with Crippen molar-refractivity contribution in [3.63, 3.8) is 0 Å². The second kappa shape index (κ2) is 9.39. The summed E-state index contributed by atoms with van der Waals surface area (Å²) in [6.07, 6.45) is -5.54. The number of fused-ring (bicyclic) bond motifs is 1. The number of likely N-dealkylation sites (tertiary alicyclic amines) is 1. The number of aromatic nitrogens is 1. The summed E-state index contributed by atoms with van der Waals surface area (Å²) in [6.45, 7) is 0.285. The summed E-state index contributed by atoms with van der Waals surface area (Å²) in [5.41, 5.74) is -1.79. The monoisotopic (exact) mass is 528 g/mol. The molecule has 2 saturated heterocycles. The summed E-state index contributed by atoms with van der Waals surface area (Å²) in [5, 5.41) is 0. The molecule has 1 unspecified atom stereocenters. The number of alkyl halides is 5. The molecule has 37 heavy (non-hydrogen) atoms. The third kappa shape index (κ3) is 4.96. The van der Waals surface area contributed by atoms with Crippen LogP contribution < -0.4 is 9.47 Å². The predicted octanol–water partition coefficient (Wildman–Crippen LogP) is 4.65. The highest BCUT2D eigenvalue weighted by atomic mass is 19.4. The average molecular weight is 528 g/mol. The van der Waals surface area contributed by atoms with Gasteiger partial charge in [0, 0.05) is 37.3 Å². The summed E-state index contributed by atoms with van der Waals surface area (Å²) in [6, 6.07) is 8.27. The van der Waals surface area contributed by atoms with E-state index in [0.717, 1.165) is 6.07 Å². The van der Waals surface area contributed by atoms with Crippen LogP contribution in [0.15, 0.2) is 36.4 Å². The fourth-order valence-corrected chi connectivity index (χ4v) is 5.07. The van der Waals surface area contributed by atoms with E-state index in [-0.39, 0.29) is 69.0 Å². The molecule has 3 aliphatic rings. The fourth-order valence-electron chi connectivity index (χ4n) is 5.07. The van der Waals surface area contributed by atoms with Crippen molar-refractivity contribution in [1.82, 2.24) is 9.88 Å². The van der Waals surface area contributed by atoms with Gasteiger partial charge in [-0.15, -0.1) is 0 Å². The van der Waals surface area contributed by atoms with Gasteiger partial charge in [-0.1, -0.05) is 6.07 Å². The van der Waals surface area contributed by atoms with Gasteiger partial charge in [0.25, 0.3) is 5.91 Å². The predicted molar refractivity (Wildman–Crippen MR) is 118 cm³/mol. The third-order valence-corrected chi connectivity index (χ3v) is 7.07. The molecule has 200 valence electrons. The molecule has 2 atom stereocenters. The molecule has 1 amide bonds. The zero-order valence-corrected chi connectivity index (χ0v) is 19.9. The van der Waals surface area contributed by atoms with Gasteiger partial charge in [0.15, 0.2) is 11.5 Å². The Morgan fingerprint density at radius 2 is 1.97 bits per heavy atom. The Bertz CT molecular complexity index is 1170. The number of methoxy groups -OCH3 is 1. The molecule has 7 nitrogen and oxygen atoms in total. The van der Waals surface area contributed by atoms with Crippen LogP contribution in [0, 0.1) is 5.92 Å². The molecular formula is C25H25F5N2O5. The molecule has 1 saturated carbocycles. The molecule has 0 N–H and O–H groups in total. The first-order chi connectivity index (χ1) is 17.5. The number of carbonyl (C=O) groups is 1. The number of halogens is 5. The van der Waals surface area contributed by atoms with E-state index in [0.29, 0.717) is 11.3 Å². The quantitative estimate of drug-likeness (QED) is 0.509. The second-order valence-corrected chi connectivity index (χ2v) is 9.52. The zero-order chi connectivity index (χ0) is 26.4. The van der Waals surface area contributed by atoms with E-state index in [9.17, 15) is 26.7 Å². The first-order valence-corrected chi connectivity index (χ1v) is 11.8. The minimum Gasteiger partial charge on any atom is -0.493 e. The van der Waals surface area contributed by atoms with Gasteiger partial charge in [0.1, 0.15) is 24.2 Å². The first-order valence-electron chi connectivity index (χ1n) is 11.8. The van der Waals surface area contributed by atoms with E-state index in [4.69, 9.17) is 18.9 Å². The molecule has 5 rings (SSSR count). The summed E-state index contributed by atoms with van der Waals surface area (Å²) in [5.74, 6) is -2.57. The van der Waals surface area contributed by atoms with E-state index < -0.39 is 29.5 Å². The van der Waals surface area contributed by atoms with Crippen molar-refractivity contribution in [3.05, 3.63) is 53.3 Å². The molecule has 12 heteroatoms. The van der Waals surface area contributed by atoms with E-state index >= 15 is 0 Å². The highest BCUT2D eigenvalue weighted by molar-refractivity contribution is 5.95. The number of benzene rings is 1. The molecule has 3 heterocycles. The number of hydrogen-bond donors (Lipinski definition) is 0. The Hall–Kier alpha value is -2.99. The van der Waals surface area contributed by atoms with Crippen molar-refractivity contribution in [1.29, 1.82) is 0 Å². The highest BCUT2D eigenvalue weighted by Crippen LogP contribution is 2.44. The zero-order valence-electron chi connectivity index (χ0n) is 19.9. The fraction of sp³-hybridized carbons (Fsp3) is 0.520. The van der Waals surface area contributed by atoms with E-state index in [2.05, 4.69) is 4.98 Å². The third-order valence-electron chi connectivity index (χ3n) is 7.07. The number of ether oxygens (including phenoxy) is 4. The summed E-state index contributed by atoms with van der Waals surface area (Å²) in [4.78, 5) is 18.6. The maximum atomic E-state index is 13.3. The number of amides is 1. The molecule has 0 bridgehead atoms. The van der Waals surface area contributed by atoms with Crippen LogP contribution in [0.1, 0.15) is 41.0 Å². The lowest BCUT2D eigenvalue weighted by molar-refractivity contribution is -0.141. The van der Waals surface area contributed by atoms with E-state index in [1.165, 1.54) is 30.2 Å². The van der Waals surface area contributed by atoms with Crippen molar-refractivity contribution < 1.29 is 45.7 Å². The largest absolute Gasteiger partial charge is 0.493 e. The summed E-state index contributed by atoms with van der Waals surface area (Å²) in [7, 11) is 1.41. The number of piperidine rings is 1. The van der Waals surface area contributed by atoms with Gasteiger partial charge in [-0.05, 0) is 30.3 Å². The topological polar surface area (TPSA) is 70.1 Å². The van der Waals surface area contributed by atoms with Gasteiger partial charge in [-0.2, -0.15) is 13.2 Å². The van der Waals surface area contributed by atoms with Crippen LogP contribution in [0.3, 0.4) is 0 Å². The normalized spacial score (nSPS) is 25.4. The molecule has 0 radical (unpaired) electrons. The lowest BCUT2D eigenvalue weighted by atomic mass is 9.82. The van der Waals surface area contributed by atoms with Crippen molar-refractivity contribution in [3.8, 4) is 11.5 Å². The van der Waals surface area contributed by atoms with Crippen LogP contribution in [0.2, 0.25) is 0 Å². The van der Waals surface area contributed by atoms with Gasteiger partial charge < -0.3 is 23.8 Å². The maximum absolute atomic E-state index is 13.3. The Balaban J connectivity index is 1.28. The Morgan fingerprint density at radius 1 is 1.19 bits per heavy atom. The minimum absolute atomic E-state index is 0.0905. The molecule has 2 aliphatic heterocycles. The summed E-state index contributed by atoms with van der Waals surface area (Å²) < 4.78 is 88.2. The van der Waals surface area contributed by atoms with Crippen molar-refractivity contribution in [2.24, 2.45) is 5.92 Å². The van der Waals surface area contributed by atoms with Crippen molar-refractivity contribution in [2.75, 3.05) is 33.6 Å². The number of nitrogens with zero attached hydrogens (tertiary/aromatic N) is 2. The van der Waals surface area contributed by atoms with Gasteiger partial charge in [0.05, 0.1) is 26.0 Å². The highest BCUT2D eigenvalue weighted by Gasteiger charge is 2.53. The summed E-state index contributed by atoms with van der Waals surface area (Å²) >= 11 is 0. The van der Waals surface area contributed by atoms with Gasteiger partial charge in [-0.25, -0.2) is 13.8 Å². The molecule has 0 spiro atoms. The Morgan fingerprint density at radius 3 is 2.68 bits per heavy atom. The molecule has 2 aromatic rings. The van der Waals surface area contributed by atoms with Crippen LogP contribution in [-0.4, -0.2) is 61.4 Å². The van der Waals surface area contributed by atoms with Gasteiger partial charge in [-0.3, -0.25) is 4.79 Å². The standard InChI is InChI=1S/C25H25F5N2O5/c1-34-18-9-16(5-6-17(18)35-13-15-10-23(26,27)11-15)22(33)32-8-7-24(21(12-32)36-14-37-24)19-3-2-4-20(31-19)25(28,29)30/h2-6,9,15,21H,7-8,10-14H2,1H3/t21?,24-/m1/s1. The van der Waals surface area contributed by atoms with Gasteiger partial charge in [0.2, 0.25) is 5.92 Å². The number of pyridine rings is 1. The molecular weight excluding hydrogens is 503 g/mol. The second-order valence-electron chi connectivity index (χ2n) is 9.52. The number of hydrogen-bond acceptors (Lipinski definition) is 6. The van der Waals surface area contributed by atoms with Crippen LogP contribution in [0.4, 0.5) is 22.0 Å². The molecule has 1 aliphatic carbocycles.